The van der Waals surface area contributed by atoms with Gasteiger partial charge >= 0.3 is 0 Å². The van der Waals surface area contributed by atoms with Crippen LogP contribution in [0.3, 0.4) is 0 Å². The van der Waals surface area contributed by atoms with Crippen LogP contribution in [0.25, 0.3) is 0 Å². The van der Waals surface area contributed by atoms with Gasteiger partial charge in [0.1, 0.15) is 0 Å². The van der Waals surface area contributed by atoms with E-state index in [1.165, 1.54) is 16.1 Å². The highest BCUT2D eigenvalue weighted by molar-refractivity contribution is 7.89. The van der Waals surface area contributed by atoms with Crippen molar-refractivity contribution in [3.05, 3.63) is 60.2 Å². The first-order valence-corrected chi connectivity index (χ1v) is 11.6. The van der Waals surface area contributed by atoms with Crippen molar-refractivity contribution in [2.45, 2.75) is 24.3 Å². The molecule has 2 heterocycles. The summed E-state index contributed by atoms with van der Waals surface area (Å²) in [5.41, 5.74) is 0.966. The van der Waals surface area contributed by atoms with E-state index in [9.17, 15) is 22.8 Å². The number of quaternary nitrogens is 1. The Morgan fingerprint density at radius 3 is 2.16 bits per heavy atom. The highest BCUT2D eigenvalue weighted by Crippen LogP contribution is 2.23. The Hall–Kier alpha value is -2.88. The quantitative estimate of drug-likeness (QED) is 0.524. The molecule has 1 atom stereocenters. The Kier molecular flexibility index (Phi) is 5.74. The number of hydrogen-bond donors (Lipinski definition) is 1. The molecule has 2 aromatic rings. The van der Waals surface area contributed by atoms with Crippen LogP contribution in [0.5, 0.6) is 0 Å². The van der Waals surface area contributed by atoms with Crippen molar-refractivity contribution in [1.82, 2.24) is 4.31 Å². The zero-order chi connectivity index (χ0) is 22.2. The Labute approximate surface area is 181 Å². The summed E-state index contributed by atoms with van der Waals surface area (Å²) < 4.78 is 27.1. The third-order valence-corrected chi connectivity index (χ3v) is 7.83. The molecular weight excluding hydrogens is 418 g/mol. The number of nitrogens with one attached hydrogen (secondary N) is 1. The molecule has 0 radical (unpaired) electrons. The van der Waals surface area contributed by atoms with Crippen LogP contribution in [0.4, 0.5) is 5.69 Å². The van der Waals surface area contributed by atoms with Crippen LogP contribution in [-0.2, 0) is 19.6 Å². The molecule has 1 N–H and O–H groups in total. The van der Waals surface area contributed by atoms with E-state index >= 15 is 0 Å². The molecule has 0 spiro atoms. The molecule has 8 nitrogen and oxygen atoms in total. The summed E-state index contributed by atoms with van der Waals surface area (Å²) >= 11 is 0. The number of anilines is 1. The molecule has 0 saturated carbocycles. The van der Waals surface area contributed by atoms with Crippen molar-refractivity contribution >= 4 is 33.3 Å². The predicted molar refractivity (Wildman–Crippen MR) is 113 cm³/mol. The number of benzene rings is 2. The second-order valence-corrected chi connectivity index (χ2v) is 9.74. The zero-order valence-corrected chi connectivity index (χ0v) is 18.0. The van der Waals surface area contributed by atoms with Crippen LogP contribution in [0.1, 0.15) is 23.7 Å². The number of Topliss-reactive ketones (excluding diaryl/α,β-unsaturated/α-hetero) is 1. The molecular formula is C22H24N3O5S+. The summed E-state index contributed by atoms with van der Waals surface area (Å²) in [4.78, 5) is 39.4. The van der Waals surface area contributed by atoms with Gasteiger partial charge in [-0.1, -0.05) is 18.2 Å². The van der Waals surface area contributed by atoms with Crippen LogP contribution < -0.4 is 9.80 Å². The average molecular weight is 443 g/mol. The number of carbonyl (C=O) groups excluding carboxylic acids is 3. The number of piperazine rings is 1. The first-order chi connectivity index (χ1) is 14.8. The van der Waals surface area contributed by atoms with E-state index in [4.69, 9.17) is 0 Å². The molecule has 2 amide bonds. The van der Waals surface area contributed by atoms with Gasteiger partial charge in [0.15, 0.2) is 11.8 Å². The monoisotopic (exact) mass is 442 g/mol. The summed E-state index contributed by atoms with van der Waals surface area (Å²) in [6, 6.07) is 14.2. The van der Waals surface area contributed by atoms with E-state index in [2.05, 4.69) is 0 Å². The minimum atomic E-state index is -3.57. The summed E-state index contributed by atoms with van der Waals surface area (Å²) in [6.45, 7) is 2.94. The van der Waals surface area contributed by atoms with Crippen molar-refractivity contribution in [1.29, 1.82) is 0 Å². The Morgan fingerprint density at radius 1 is 0.968 bits per heavy atom. The van der Waals surface area contributed by atoms with Crippen LogP contribution in [-0.4, -0.2) is 62.5 Å². The Morgan fingerprint density at radius 2 is 1.58 bits per heavy atom. The molecule has 2 saturated heterocycles. The third-order valence-electron chi connectivity index (χ3n) is 5.92. The van der Waals surface area contributed by atoms with Gasteiger partial charge in [-0.2, -0.15) is 4.31 Å². The lowest BCUT2D eigenvalue weighted by atomic mass is 10.1. The lowest BCUT2D eigenvalue weighted by Gasteiger charge is -2.33. The summed E-state index contributed by atoms with van der Waals surface area (Å²) in [5.74, 6) is -0.649. The maximum absolute atomic E-state index is 13.0. The van der Waals surface area contributed by atoms with E-state index in [0.29, 0.717) is 24.3 Å². The van der Waals surface area contributed by atoms with Crippen molar-refractivity contribution < 1.29 is 27.7 Å². The number of hydrogen-bond acceptors (Lipinski definition) is 5. The smallest absolute Gasteiger partial charge is 0.292 e. The van der Waals surface area contributed by atoms with Crippen LogP contribution >= 0.6 is 0 Å². The molecule has 0 unspecified atom stereocenters. The Balaban J connectivity index is 1.44. The lowest BCUT2D eigenvalue weighted by Crippen LogP contribution is -3.19. The van der Waals surface area contributed by atoms with Crippen molar-refractivity contribution in [3.8, 4) is 0 Å². The molecule has 31 heavy (non-hydrogen) atoms. The van der Waals surface area contributed by atoms with Gasteiger partial charge in [0.05, 0.1) is 43.2 Å². The fourth-order valence-electron chi connectivity index (χ4n) is 4.17. The van der Waals surface area contributed by atoms with Crippen molar-refractivity contribution in [3.63, 3.8) is 0 Å². The zero-order valence-electron chi connectivity index (χ0n) is 17.2. The van der Waals surface area contributed by atoms with Gasteiger partial charge < -0.3 is 4.90 Å². The van der Waals surface area contributed by atoms with Crippen molar-refractivity contribution in [2.75, 3.05) is 31.1 Å². The minimum absolute atomic E-state index is 0.0868. The van der Waals surface area contributed by atoms with Crippen LogP contribution in [0, 0.1) is 0 Å². The van der Waals surface area contributed by atoms with Gasteiger partial charge in [-0.15, -0.1) is 0 Å². The fourth-order valence-corrected chi connectivity index (χ4v) is 5.63. The van der Waals surface area contributed by atoms with Crippen LogP contribution in [0.15, 0.2) is 59.5 Å². The third kappa shape index (κ3) is 4.04. The molecule has 2 aromatic carbocycles. The number of rotatable bonds is 5. The lowest BCUT2D eigenvalue weighted by molar-refractivity contribution is -0.918. The first kappa shape index (κ1) is 21.4. The summed E-state index contributed by atoms with van der Waals surface area (Å²) in [7, 11) is -3.57. The maximum atomic E-state index is 13.0. The van der Waals surface area contributed by atoms with E-state index in [1.807, 2.05) is 0 Å². The molecule has 2 aliphatic rings. The maximum Gasteiger partial charge on any atom is 0.292 e. The number of nitrogens with zero attached hydrogens (tertiary/aromatic N) is 2. The van der Waals surface area contributed by atoms with Gasteiger partial charge in [-0.05, 0) is 43.3 Å². The SMILES string of the molecule is CC(=O)c1ccc(N2C(=O)C[C@@H]([NH+]3CCN(S(=O)(=O)c4ccccc4)CC3)C2=O)cc1. The topological polar surface area (TPSA) is 96.3 Å². The Bertz CT molecular complexity index is 1110. The molecule has 162 valence electrons. The highest BCUT2D eigenvalue weighted by Gasteiger charge is 2.47. The number of imide groups is 1. The summed E-state index contributed by atoms with van der Waals surface area (Å²) in [5, 5.41) is 0. The number of ketones is 1. The normalized spacial score (nSPS) is 20.9. The molecule has 2 fully saturated rings. The van der Waals surface area contributed by atoms with Crippen molar-refractivity contribution in [2.24, 2.45) is 0 Å². The predicted octanol–water partition coefficient (Wildman–Crippen LogP) is 0.111. The standard InChI is InChI=1S/C22H23N3O5S/c1-16(26)17-7-9-18(10-8-17)25-21(27)15-20(22(25)28)23-11-13-24(14-12-23)31(29,30)19-5-3-2-4-6-19/h2-10,20H,11-15H2,1H3/p+1/t20-/m1/s1. The fraction of sp³-hybridized carbons (Fsp3) is 0.318. The van der Waals surface area contributed by atoms with Gasteiger partial charge in [-0.25, -0.2) is 13.3 Å². The molecule has 0 aliphatic carbocycles. The van der Waals surface area contributed by atoms with Gasteiger partial charge in [-0.3, -0.25) is 14.4 Å². The molecule has 0 bridgehead atoms. The average Bonchev–Trinajstić information content (AvgIpc) is 3.08. The van der Waals surface area contributed by atoms with E-state index < -0.39 is 16.1 Å². The molecule has 4 rings (SSSR count). The first-order valence-electron chi connectivity index (χ1n) is 10.2. The number of amides is 2. The second kappa shape index (κ2) is 8.33. The van der Waals surface area contributed by atoms with E-state index in [0.717, 1.165) is 4.90 Å². The van der Waals surface area contributed by atoms with Crippen LogP contribution in [0.2, 0.25) is 0 Å². The molecule has 9 heteroatoms. The van der Waals surface area contributed by atoms with E-state index in [1.54, 1.807) is 54.6 Å². The highest BCUT2D eigenvalue weighted by atomic mass is 32.2. The minimum Gasteiger partial charge on any atom is -0.322 e. The molecule has 0 aromatic heterocycles. The van der Waals surface area contributed by atoms with Gasteiger partial charge in [0, 0.05) is 5.56 Å². The van der Waals surface area contributed by atoms with Gasteiger partial charge in [0.2, 0.25) is 15.9 Å². The number of sulfonamides is 1. The van der Waals surface area contributed by atoms with Gasteiger partial charge in [0.25, 0.3) is 5.91 Å². The van der Waals surface area contributed by atoms with E-state index in [-0.39, 0.29) is 42.0 Å². The number of carbonyl (C=O) groups is 3. The summed E-state index contributed by atoms with van der Waals surface area (Å²) in [6.07, 6.45) is 0.0913. The molecule has 2 aliphatic heterocycles. The second-order valence-electron chi connectivity index (χ2n) is 7.80. The largest absolute Gasteiger partial charge is 0.322 e.